The van der Waals surface area contributed by atoms with E-state index in [-0.39, 0.29) is 18.2 Å². The second-order valence-electron chi connectivity index (χ2n) is 6.64. The largest absolute Gasteiger partial charge is 0.497 e. The minimum Gasteiger partial charge on any atom is -0.497 e. The highest BCUT2D eigenvalue weighted by Crippen LogP contribution is 2.21. The average Bonchev–Trinajstić information content (AvgIpc) is 2.41. The highest BCUT2D eigenvalue weighted by atomic mass is 35.5. The van der Waals surface area contributed by atoms with Crippen LogP contribution in [0.3, 0.4) is 0 Å². The van der Waals surface area contributed by atoms with E-state index in [2.05, 4.69) is 18.0 Å². The Morgan fingerprint density at radius 2 is 1.86 bits per heavy atom. The van der Waals surface area contributed by atoms with Gasteiger partial charge in [0.2, 0.25) is 0 Å². The number of ether oxygens (including phenoxy) is 1. The zero-order valence-corrected chi connectivity index (χ0v) is 15.1. The quantitative estimate of drug-likeness (QED) is 0.754. The third-order valence-corrected chi connectivity index (χ3v) is 6.67. The Balaban J connectivity index is 0.00000220. The Bertz CT molecular complexity index is 450. The fourth-order valence-electron chi connectivity index (χ4n) is 3.09. The lowest BCUT2D eigenvalue weighted by molar-refractivity contribution is 0.258. The standard InChI is InChI=1S/C16H26FNOSi.ClH/c1-19-15-8-7-14(16(17)11-15)12-20(2,3)13-18-9-5-4-6-10-18;/h7-8,11H,4-6,9-10,12-13H2,1-3H3;1H. The van der Waals surface area contributed by atoms with Gasteiger partial charge in [0.15, 0.2) is 0 Å². The molecule has 1 fully saturated rings. The molecule has 0 amide bonds. The second kappa shape index (κ2) is 8.16. The third-order valence-electron chi connectivity index (χ3n) is 4.03. The highest BCUT2D eigenvalue weighted by molar-refractivity contribution is 6.77. The van der Waals surface area contributed by atoms with Crippen LogP contribution in [0.1, 0.15) is 24.8 Å². The Hall–Kier alpha value is -0.583. The summed E-state index contributed by atoms with van der Waals surface area (Å²) in [4.78, 5) is 2.58. The minimum atomic E-state index is -1.45. The van der Waals surface area contributed by atoms with Gasteiger partial charge in [-0.1, -0.05) is 25.6 Å². The van der Waals surface area contributed by atoms with Gasteiger partial charge < -0.3 is 9.64 Å². The summed E-state index contributed by atoms with van der Waals surface area (Å²) in [6.45, 7) is 7.18. The van der Waals surface area contributed by atoms with Crippen molar-refractivity contribution in [2.45, 2.75) is 38.4 Å². The number of methoxy groups -OCH3 is 1. The molecule has 5 heteroatoms. The first-order valence-electron chi connectivity index (χ1n) is 7.55. The van der Waals surface area contributed by atoms with Gasteiger partial charge in [-0.05, 0) is 49.8 Å². The van der Waals surface area contributed by atoms with Crippen LogP contribution in [0.5, 0.6) is 5.75 Å². The normalized spacial score (nSPS) is 16.4. The number of likely N-dealkylation sites (tertiary alicyclic amines) is 1. The molecule has 2 nitrogen and oxygen atoms in total. The predicted octanol–water partition coefficient (Wildman–Crippen LogP) is 4.07. The maximum Gasteiger partial charge on any atom is 0.129 e. The number of hydrogen-bond donors (Lipinski definition) is 0. The molecule has 1 saturated heterocycles. The van der Waals surface area contributed by atoms with E-state index in [1.807, 2.05) is 12.1 Å². The zero-order chi connectivity index (χ0) is 14.6. The summed E-state index contributed by atoms with van der Waals surface area (Å²) >= 11 is 0. The number of piperidine rings is 1. The first-order chi connectivity index (χ1) is 9.50. The van der Waals surface area contributed by atoms with Crippen LogP contribution < -0.4 is 4.74 Å². The molecule has 21 heavy (non-hydrogen) atoms. The van der Waals surface area contributed by atoms with Crippen LogP contribution in [0.4, 0.5) is 4.39 Å². The van der Waals surface area contributed by atoms with Crippen LogP contribution in [-0.2, 0) is 6.04 Å². The fourth-order valence-corrected chi connectivity index (χ4v) is 6.05. The molecule has 1 heterocycles. The molecule has 0 aliphatic carbocycles. The molecule has 0 aromatic heterocycles. The molecule has 0 N–H and O–H groups in total. The van der Waals surface area contributed by atoms with Gasteiger partial charge in [-0.2, -0.15) is 0 Å². The highest BCUT2D eigenvalue weighted by Gasteiger charge is 2.26. The summed E-state index contributed by atoms with van der Waals surface area (Å²) in [7, 11) is 0.128. The van der Waals surface area contributed by atoms with Crippen molar-refractivity contribution in [2.24, 2.45) is 0 Å². The lowest BCUT2D eigenvalue weighted by atomic mass is 10.1. The van der Waals surface area contributed by atoms with Crippen molar-refractivity contribution in [3.63, 3.8) is 0 Å². The topological polar surface area (TPSA) is 12.5 Å². The molecule has 1 aromatic rings. The fraction of sp³-hybridized carbons (Fsp3) is 0.625. The van der Waals surface area contributed by atoms with Crippen molar-refractivity contribution in [1.82, 2.24) is 4.90 Å². The van der Waals surface area contributed by atoms with E-state index in [1.54, 1.807) is 7.11 Å². The van der Waals surface area contributed by atoms with E-state index in [0.29, 0.717) is 5.75 Å². The van der Waals surface area contributed by atoms with Gasteiger partial charge in [-0.3, -0.25) is 0 Å². The molecule has 1 aliphatic rings. The van der Waals surface area contributed by atoms with Gasteiger partial charge in [0, 0.05) is 6.07 Å². The number of benzene rings is 1. The molecule has 1 aromatic carbocycles. The maximum absolute atomic E-state index is 14.1. The van der Waals surface area contributed by atoms with Crippen LogP contribution in [-0.4, -0.2) is 39.3 Å². The molecule has 0 radical (unpaired) electrons. The molecular formula is C16H27ClFNOSi. The zero-order valence-electron chi connectivity index (χ0n) is 13.3. The third kappa shape index (κ3) is 5.61. The van der Waals surface area contributed by atoms with E-state index in [4.69, 9.17) is 4.74 Å². The van der Waals surface area contributed by atoms with Crippen molar-refractivity contribution < 1.29 is 9.13 Å². The molecule has 0 spiro atoms. The average molecular weight is 332 g/mol. The molecule has 120 valence electrons. The summed E-state index contributed by atoms with van der Waals surface area (Å²) < 4.78 is 19.1. The van der Waals surface area contributed by atoms with E-state index in [1.165, 1.54) is 44.6 Å². The minimum absolute atomic E-state index is 0. The van der Waals surface area contributed by atoms with Crippen molar-refractivity contribution in [2.75, 3.05) is 26.4 Å². The summed E-state index contributed by atoms with van der Waals surface area (Å²) in [5.74, 6) is 0.477. The summed E-state index contributed by atoms with van der Waals surface area (Å²) in [6, 6.07) is 6.16. The lowest BCUT2D eigenvalue weighted by Gasteiger charge is -2.34. The summed E-state index contributed by atoms with van der Waals surface area (Å²) in [5.41, 5.74) is 0.847. The first kappa shape index (κ1) is 18.5. The monoisotopic (exact) mass is 331 g/mol. The number of rotatable bonds is 5. The second-order valence-corrected chi connectivity index (χ2v) is 11.6. The van der Waals surface area contributed by atoms with E-state index < -0.39 is 8.07 Å². The van der Waals surface area contributed by atoms with Gasteiger partial charge in [0.25, 0.3) is 0 Å². The molecule has 0 saturated carbocycles. The lowest BCUT2D eigenvalue weighted by Crippen LogP contribution is -2.46. The van der Waals surface area contributed by atoms with Gasteiger partial charge in [-0.25, -0.2) is 4.39 Å². The number of nitrogens with zero attached hydrogens (tertiary/aromatic N) is 1. The smallest absolute Gasteiger partial charge is 0.129 e. The molecular weight excluding hydrogens is 305 g/mol. The summed E-state index contributed by atoms with van der Waals surface area (Å²) in [5, 5.41) is 0. The first-order valence-corrected chi connectivity index (χ1v) is 11.0. The van der Waals surface area contributed by atoms with Gasteiger partial charge in [0.1, 0.15) is 11.6 Å². The van der Waals surface area contributed by atoms with Crippen LogP contribution in [0.25, 0.3) is 0 Å². The molecule has 1 aliphatic heterocycles. The van der Waals surface area contributed by atoms with Gasteiger partial charge in [-0.15, -0.1) is 12.4 Å². The summed E-state index contributed by atoms with van der Waals surface area (Å²) in [6.07, 6.45) is 5.19. The number of halogens is 2. The Morgan fingerprint density at radius 3 is 2.43 bits per heavy atom. The predicted molar refractivity (Wildman–Crippen MR) is 91.7 cm³/mol. The van der Waals surface area contributed by atoms with Crippen molar-refractivity contribution in [1.29, 1.82) is 0 Å². The Labute approximate surface area is 135 Å². The van der Waals surface area contributed by atoms with Gasteiger partial charge in [0.05, 0.1) is 15.2 Å². The SMILES string of the molecule is COc1ccc(C[Si](C)(C)CN2CCCCC2)c(F)c1.Cl. The van der Waals surface area contributed by atoms with E-state index in [0.717, 1.165) is 11.6 Å². The maximum atomic E-state index is 14.1. The van der Waals surface area contributed by atoms with Crippen LogP contribution >= 0.6 is 12.4 Å². The molecule has 0 atom stereocenters. The van der Waals surface area contributed by atoms with E-state index >= 15 is 0 Å². The van der Waals surface area contributed by atoms with Crippen molar-refractivity contribution >= 4 is 20.5 Å². The van der Waals surface area contributed by atoms with Crippen molar-refractivity contribution in [3.05, 3.63) is 29.6 Å². The Kier molecular flexibility index (Phi) is 7.17. The van der Waals surface area contributed by atoms with Crippen molar-refractivity contribution in [3.8, 4) is 5.75 Å². The molecule has 0 unspecified atom stereocenters. The van der Waals surface area contributed by atoms with Gasteiger partial charge >= 0.3 is 0 Å². The Morgan fingerprint density at radius 1 is 1.19 bits per heavy atom. The van der Waals surface area contributed by atoms with Crippen LogP contribution in [0.2, 0.25) is 13.1 Å². The van der Waals surface area contributed by atoms with E-state index in [9.17, 15) is 4.39 Å². The number of hydrogen-bond acceptors (Lipinski definition) is 2. The van der Waals surface area contributed by atoms with Crippen LogP contribution in [0, 0.1) is 5.82 Å². The molecule has 2 rings (SSSR count). The van der Waals surface area contributed by atoms with Crippen LogP contribution in [0.15, 0.2) is 18.2 Å². The molecule has 0 bridgehead atoms.